The highest BCUT2D eigenvalue weighted by atomic mass is 16.8. The Labute approximate surface area is 291 Å². The van der Waals surface area contributed by atoms with Crippen LogP contribution in [-0.4, -0.2) is 93.8 Å². The van der Waals surface area contributed by atoms with E-state index in [9.17, 15) is 60.7 Å². The molecule has 2 aliphatic heterocycles. The number of hydrogen-bond donors (Lipinski definition) is 10. The molecule has 0 saturated carbocycles. The van der Waals surface area contributed by atoms with Crippen molar-refractivity contribution in [3.05, 3.63) is 99.7 Å². The molecule has 2 unspecified atom stereocenters. The van der Waals surface area contributed by atoms with Gasteiger partial charge >= 0.3 is 5.97 Å². The number of aliphatic hydroxyl groups is 5. The second kappa shape index (κ2) is 12.7. The summed E-state index contributed by atoms with van der Waals surface area (Å²) >= 11 is 0. The van der Waals surface area contributed by atoms with Crippen LogP contribution in [0.1, 0.15) is 33.5 Å². The third kappa shape index (κ3) is 5.69. The molecule has 5 aromatic rings. The lowest BCUT2D eigenvalue weighted by atomic mass is 9.79. The predicted molar refractivity (Wildman–Crippen MR) is 175 cm³/mol. The SMILES string of the molecule is O=C1c2c(O)cc(O)cc2OC(c2ccc(O)cc2)C1c1c(O[C@]2(O)O[C@H](CO)[C@@H](O)[C@H](O)[C@H]2O)cc(O)c2c(=O)cc(-c3ccc(O)cc3)oc12. The van der Waals surface area contributed by atoms with E-state index in [4.69, 9.17) is 18.6 Å². The van der Waals surface area contributed by atoms with E-state index >= 15 is 0 Å². The van der Waals surface area contributed by atoms with E-state index in [0.29, 0.717) is 0 Å². The van der Waals surface area contributed by atoms with Crippen LogP contribution in [0.4, 0.5) is 0 Å². The normalized spacial score (nSPS) is 25.8. The number of benzene rings is 4. The van der Waals surface area contributed by atoms with Gasteiger partial charge in [-0.2, -0.15) is 0 Å². The van der Waals surface area contributed by atoms with Gasteiger partial charge in [-0.15, -0.1) is 0 Å². The first-order chi connectivity index (χ1) is 24.7. The molecule has 7 atom stereocenters. The van der Waals surface area contributed by atoms with Crippen molar-refractivity contribution >= 4 is 16.8 Å². The highest BCUT2D eigenvalue weighted by molar-refractivity contribution is 6.09. The number of phenolic OH excluding ortho intramolecular Hbond substituents is 5. The van der Waals surface area contributed by atoms with Crippen LogP contribution in [0, 0.1) is 0 Å². The monoisotopic (exact) mass is 718 g/mol. The maximum Gasteiger partial charge on any atom is 0.355 e. The minimum Gasteiger partial charge on any atom is -0.508 e. The summed E-state index contributed by atoms with van der Waals surface area (Å²) in [5.41, 5.74) is -1.77. The summed E-state index contributed by atoms with van der Waals surface area (Å²) in [6.07, 6.45) is -9.68. The van der Waals surface area contributed by atoms with Gasteiger partial charge in [0.15, 0.2) is 17.3 Å². The van der Waals surface area contributed by atoms with Gasteiger partial charge in [0, 0.05) is 29.8 Å². The highest BCUT2D eigenvalue weighted by Gasteiger charge is 2.56. The van der Waals surface area contributed by atoms with E-state index in [-0.39, 0.29) is 34.1 Å². The summed E-state index contributed by atoms with van der Waals surface area (Å²) in [6, 6.07) is 14.5. The quantitative estimate of drug-likeness (QED) is 0.112. The molecule has 0 amide bonds. The maximum absolute atomic E-state index is 14.7. The Balaban J connectivity index is 1.55. The van der Waals surface area contributed by atoms with Crippen LogP contribution in [-0.2, 0) is 4.74 Å². The molecule has 1 fully saturated rings. The van der Waals surface area contributed by atoms with E-state index in [1.165, 1.54) is 48.5 Å². The number of Topliss-reactive ketones (excluding diaryl/α,β-unsaturated/α-hetero) is 1. The van der Waals surface area contributed by atoms with Crippen molar-refractivity contribution in [3.8, 4) is 51.6 Å². The summed E-state index contributed by atoms with van der Waals surface area (Å²) in [7, 11) is 0. The minimum atomic E-state index is -3.30. The van der Waals surface area contributed by atoms with Crippen molar-refractivity contribution in [2.75, 3.05) is 6.61 Å². The number of carbonyl (C=O) groups is 1. The van der Waals surface area contributed by atoms with Crippen molar-refractivity contribution in [3.63, 3.8) is 0 Å². The number of rotatable bonds is 6. The van der Waals surface area contributed by atoms with Crippen LogP contribution in [0.3, 0.4) is 0 Å². The molecule has 16 nitrogen and oxygen atoms in total. The number of aromatic hydroxyl groups is 5. The van der Waals surface area contributed by atoms with Crippen LogP contribution >= 0.6 is 0 Å². The van der Waals surface area contributed by atoms with Crippen molar-refractivity contribution in [2.24, 2.45) is 0 Å². The largest absolute Gasteiger partial charge is 0.508 e. The third-order valence-corrected chi connectivity index (χ3v) is 9.00. The first-order valence-corrected chi connectivity index (χ1v) is 15.6. The molecule has 7 rings (SSSR count). The molecule has 4 aromatic carbocycles. The van der Waals surface area contributed by atoms with Crippen LogP contribution in [0.25, 0.3) is 22.3 Å². The maximum atomic E-state index is 14.7. The molecular formula is C36H30O16. The first kappa shape index (κ1) is 34.6. The Kier molecular flexibility index (Phi) is 8.45. The molecule has 16 heteroatoms. The van der Waals surface area contributed by atoms with Crippen LogP contribution < -0.4 is 14.9 Å². The summed E-state index contributed by atoms with van der Waals surface area (Å²) in [5.74, 6) is -9.32. The smallest absolute Gasteiger partial charge is 0.355 e. The number of ether oxygens (including phenoxy) is 3. The van der Waals surface area contributed by atoms with Gasteiger partial charge in [0.25, 0.3) is 0 Å². The van der Waals surface area contributed by atoms with Crippen molar-refractivity contribution in [2.45, 2.75) is 42.4 Å². The van der Waals surface area contributed by atoms with Crippen LogP contribution in [0.2, 0.25) is 0 Å². The Hall–Kier alpha value is -5.88. The minimum absolute atomic E-state index is 0.111. The zero-order valence-corrected chi connectivity index (χ0v) is 26.5. The van der Waals surface area contributed by atoms with E-state index in [0.717, 1.165) is 24.3 Å². The van der Waals surface area contributed by atoms with E-state index in [1.807, 2.05) is 0 Å². The zero-order valence-electron chi connectivity index (χ0n) is 26.5. The van der Waals surface area contributed by atoms with Gasteiger partial charge in [0.05, 0.1) is 18.1 Å². The average molecular weight is 719 g/mol. The number of hydrogen-bond acceptors (Lipinski definition) is 16. The van der Waals surface area contributed by atoms with Crippen LogP contribution in [0.15, 0.2) is 82.0 Å². The van der Waals surface area contributed by atoms with Gasteiger partial charge in [-0.25, -0.2) is 0 Å². The highest BCUT2D eigenvalue weighted by Crippen LogP contribution is 2.53. The molecular weight excluding hydrogens is 688 g/mol. The van der Waals surface area contributed by atoms with E-state index in [1.54, 1.807) is 0 Å². The summed E-state index contributed by atoms with van der Waals surface area (Å²) < 4.78 is 23.5. The lowest BCUT2D eigenvalue weighted by Gasteiger charge is -2.44. The third-order valence-electron chi connectivity index (χ3n) is 9.00. The standard InChI is InChI=1S/C36H30O16/c37-13-25-30(44)32(46)35(47)36(48,52-25)51-24-12-21(43)26-20(42)11-22(14-1-5-16(38)6-2-14)49-34(26)28(24)29-31(45)27-19(41)9-18(40)10-23(27)50-33(29)15-3-7-17(39)8-4-15/h1-12,25,29-30,32-33,35,37-41,43-44,46-48H,13H2/t25-,29?,30-,32+,33?,35-,36+/m1/s1. The van der Waals surface area contributed by atoms with Gasteiger partial charge < -0.3 is 69.7 Å². The molecule has 2 aliphatic rings. The van der Waals surface area contributed by atoms with Crippen LogP contribution in [0.5, 0.6) is 40.2 Å². The number of ketones is 1. The van der Waals surface area contributed by atoms with E-state index in [2.05, 4.69) is 0 Å². The number of phenols is 5. The molecule has 3 heterocycles. The molecule has 52 heavy (non-hydrogen) atoms. The molecule has 270 valence electrons. The second-order valence-electron chi connectivity index (χ2n) is 12.3. The van der Waals surface area contributed by atoms with Crippen molar-refractivity contribution < 1.29 is 74.5 Å². The fraction of sp³-hybridized carbons (Fsp3) is 0.222. The number of fused-ring (bicyclic) bond motifs is 2. The topological polar surface area (TPSA) is 277 Å². The van der Waals surface area contributed by atoms with Gasteiger partial charge in [0.2, 0.25) is 0 Å². The Morgan fingerprint density at radius 1 is 0.769 bits per heavy atom. The summed E-state index contributed by atoms with van der Waals surface area (Å²) in [6.45, 7) is -0.974. The Morgan fingerprint density at radius 3 is 2.08 bits per heavy atom. The molecule has 1 aromatic heterocycles. The van der Waals surface area contributed by atoms with Crippen molar-refractivity contribution in [1.82, 2.24) is 0 Å². The van der Waals surface area contributed by atoms with E-state index < -0.39 is 105 Å². The Morgan fingerprint density at radius 2 is 1.42 bits per heavy atom. The molecule has 0 aliphatic carbocycles. The fourth-order valence-electron chi connectivity index (χ4n) is 6.46. The number of carbonyl (C=O) groups excluding carboxylic acids is 1. The molecule has 0 radical (unpaired) electrons. The first-order valence-electron chi connectivity index (χ1n) is 15.6. The summed E-state index contributed by atoms with van der Waals surface area (Å²) in [4.78, 5) is 28.4. The van der Waals surface area contributed by atoms with Gasteiger partial charge in [-0.1, -0.05) is 12.1 Å². The average Bonchev–Trinajstić information content (AvgIpc) is 3.09. The molecule has 0 bridgehead atoms. The molecule has 10 N–H and O–H groups in total. The second-order valence-corrected chi connectivity index (χ2v) is 12.3. The lowest BCUT2D eigenvalue weighted by molar-refractivity contribution is -0.422. The van der Waals surface area contributed by atoms with Gasteiger partial charge in [-0.3, -0.25) is 9.59 Å². The zero-order chi connectivity index (χ0) is 37.2. The summed E-state index contributed by atoms with van der Waals surface area (Å²) in [5, 5.41) is 105. The number of aliphatic hydroxyl groups excluding tert-OH is 4. The Bertz CT molecular complexity index is 2250. The van der Waals surface area contributed by atoms with Gasteiger partial charge in [0.1, 0.15) is 87.0 Å². The lowest BCUT2D eigenvalue weighted by Crippen LogP contribution is -2.67. The predicted octanol–water partition coefficient (Wildman–Crippen LogP) is 1.59. The molecule has 1 saturated heterocycles. The van der Waals surface area contributed by atoms with Gasteiger partial charge in [-0.05, 0) is 42.0 Å². The molecule has 0 spiro atoms. The fourth-order valence-corrected chi connectivity index (χ4v) is 6.46. The van der Waals surface area contributed by atoms with Crippen molar-refractivity contribution in [1.29, 1.82) is 0 Å².